The van der Waals surface area contributed by atoms with Crippen molar-refractivity contribution in [1.29, 1.82) is 0 Å². The van der Waals surface area contributed by atoms with Gasteiger partial charge in [0, 0.05) is 22.6 Å². The molecule has 0 fully saturated rings. The fourth-order valence-corrected chi connectivity index (χ4v) is 4.58. The Hall–Kier alpha value is -3.93. The number of ether oxygens (including phenoxy) is 4. The number of nitrogens with zero attached hydrogens (tertiary/aromatic N) is 2. The zero-order valence-electron chi connectivity index (χ0n) is 20.8. The highest BCUT2D eigenvalue weighted by atomic mass is 16.5. The summed E-state index contributed by atoms with van der Waals surface area (Å²) in [5.74, 6) is 3.82. The van der Waals surface area contributed by atoms with Crippen LogP contribution in [0.3, 0.4) is 0 Å². The van der Waals surface area contributed by atoms with Crippen molar-refractivity contribution in [2.24, 2.45) is 7.05 Å². The van der Waals surface area contributed by atoms with Gasteiger partial charge in [-0.2, -0.15) is 0 Å². The van der Waals surface area contributed by atoms with Crippen molar-refractivity contribution in [2.45, 2.75) is 0 Å². The highest BCUT2D eigenvalue weighted by molar-refractivity contribution is 6.06. The number of anilines is 1. The highest BCUT2D eigenvalue weighted by Crippen LogP contribution is 2.46. The molecular weight excluding hydrogens is 428 g/mol. The van der Waals surface area contributed by atoms with Crippen LogP contribution in [0.25, 0.3) is 33.2 Å². The van der Waals surface area contributed by atoms with Gasteiger partial charge in [-0.05, 0) is 29.8 Å². The van der Waals surface area contributed by atoms with Gasteiger partial charge in [-0.25, -0.2) is 4.57 Å². The Kier molecular flexibility index (Phi) is 6.50. The molecule has 0 radical (unpaired) electrons. The van der Waals surface area contributed by atoms with Crippen LogP contribution in [0, 0.1) is 0 Å². The molecule has 1 aromatic heterocycles. The third-order valence-corrected chi connectivity index (χ3v) is 6.08. The molecule has 6 nitrogen and oxygen atoms in total. The average Bonchev–Trinajstić information content (AvgIpc) is 2.86. The third kappa shape index (κ3) is 3.85. The van der Waals surface area contributed by atoms with Crippen molar-refractivity contribution in [3.05, 3.63) is 60.7 Å². The van der Waals surface area contributed by atoms with Gasteiger partial charge in [0.05, 0.1) is 55.0 Å². The second-order valence-corrected chi connectivity index (χ2v) is 8.19. The number of benzene rings is 3. The smallest absolute Gasteiger partial charge is 0.284 e. The van der Waals surface area contributed by atoms with Gasteiger partial charge in [0.25, 0.3) is 5.82 Å². The molecule has 3 aromatic carbocycles. The molecule has 0 unspecified atom stereocenters. The van der Waals surface area contributed by atoms with E-state index >= 15 is 0 Å². The summed E-state index contributed by atoms with van der Waals surface area (Å²) in [4.78, 5) is 2.12. The van der Waals surface area contributed by atoms with Gasteiger partial charge in [-0.1, -0.05) is 30.3 Å². The van der Waals surface area contributed by atoms with Crippen LogP contribution in [0.2, 0.25) is 0 Å². The summed E-state index contributed by atoms with van der Waals surface area (Å²) in [6, 6.07) is 20.5. The number of hydrogen-bond donors (Lipinski definition) is 0. The summed E-state index contributed by atoms with van der Waals surface area (Å²) < 4.78 is 24.9. The zero-order valence-corrected chi connectivity index (χ0v) is 20.8. The Bertz CT molecular complexity index is 1330. The molecule has 0 N–H and O–H groups in total. The molecule has 176 valence electrons. The molecule has 0 aliphatic heterocycles. The molecule has 0 spiro atoms. The lowest BCUT2D eigenvalue weighted by atomic mass is 9.95. The Morgan fingerprint density at radius 1 is 0.647 bits per heavy atom. The van der Waals surface area contributed by atoms with E-state index in [4.69, 9.17) is 18.9 Å². The van der Waals surface area contributed by atoms with E-state index in [-0.39, 0.29) is 0 Å². The van der Waals surface area contributed by atoms with Crippen molar-refractivity contribution < 1.29 is 23.5 Å². The fourth-order valence-electron chi connectivity index (χ4n) is 4.58. The van der Waals surface area contributed by atoms with Crippen LogP contribution in [0.4, 0.5) is 5.82 Å². The van der Waals surface area contributed by atoms with Gasteiger partial charge in [0.2, 0.25) is 0 Å². The normalized spacial score (nSPS) is 10.8. The summed E-state index contributed by atoms with van der Waals surface area (Å²) in [7, 11) is 12.8. The van der Waals surface area contributed by atoms with Crippen LogP contribution in [0.5, 0.6) is 23.0 Å². The SMILES string of the molecule is COc1ccc(-c2cc3c(-c4ccccc4)c(OC)c(OC)cc3c(N(C)C)[n+]2C)cc1OC. The topological polar surface area (TPSA) is 44.0 Å². The zero-order chi connectivity index (χ0) is 24.4. The quantitative estimate of drug-likeness (QED) is 0.360. The second kappa shape index (κ2) is 9.51. The lowest BCUT2D eigenvalue weighted by Crippen LogP contribution is -2.38. The van der Waals surface area contributed by atoms with Crippen LogP contribution >= 0.6 is 0 Å². The van der Waals surface area contributed by atoms with Gasteiger partial charge in [0.15, 0.2) is 23.0 Å². The lowest BCUT2D eigenvalue weighted by Gasteiger charge is -2.21. The molecule has 1 heterocycles. The van der Waals surface area contributed by atoms with Gasteiger partial charge in [-0.15, -0.1) is 0 Å². The van der Waals surface area contributed by atoms with E-state index in [0.29, 0.717) is 23.0 Å². The molecule has 0 amide bonds. The van der Waals surface area contributed by atoms with Crippen LogP contribution in [-0.4, -0.2) is 42.5 Å². The summed E-state index contributed by atoms with van der Waals surface area (Å²) in [5.41, 5.74) is 4.09. The number of fused-ring (bicyclic) bond motifs is 1. The molecule has 0 atom stereocenters. The Balaban J connectivity index is 2.16. The fraction of sp³-hybridized carbons (Fsp3) is 0.250. The molecule has 4 aromatic rings. The van der Waals surface area contributed by atoms with Crippen LogP contribution in [0.1, 0.15) is 0 Å². The Morgan fingerprint density at radius 2 is 1.32 bits per heavy atom. The average molecular weight is 460 g/mol. The first-order valence-corrected chi connectivity index (χ1v) is 11.0. The second-order valence-electron chi connectivity index (χ2n) is 8.19. The molecule has 0 bridgehead atoms. The summed E-state index contributed by atoms with van der Waals surface area (Å²) in [6.45, 7) is 0. The van der Waals surface area contributed by atoms with E-state index < -0.39 is 0 Å². The molecule has 0 saturated carbocycles. The third-order valence-electron chi connectivity index (χ3n) is 6.08. The maximum Gasteiger partial charge on any atom is 0.284 e. The first-order chi connectivity index (χ1) is 16.4. The van der Waals surface area contributed by atoms with Crippen LogP contribution < -0.4 is 28.4 Å². The van der Waals surface area contributed by atoms with Crippen molar-refractivity contribution in [2.75, 3.05) is 47.4 Å². The summed E-state index contributed by atoms with van der Waals surface area (Å²) in [5, 5.41) is 2.13. The van der Waals surface area contributed by atoms with E-state index in [2.05, 4.69) is 34.7 Å². The number of aromatic nitrogens is 1. The van der Waals surface area contributed by atoms with E-state index in [0.717, 1.165) is 39.0 Å². The highest BCUT2D eigenvalue weighted by Gasteiger charge is 2.26. The van der Waals surface area contributed by atoms with Crippen LogP contribution in [0.15, 0.2) is 60.7 Å². The number of hydrogen-bond acceptors (Lipinski definition) is 5. The number of pyridine rings is 1. The lowest BCUT2D eigenvalue weighted by molar-refractivity contribution is -0.646. The largest absolute Gasteiger partial charge is 0.493 e. The molecule has 34 heavy (non-hydrogen) atoms. The van der Waals surface area contributed by atoms with E-state index in [1.807, 2.05) is 56.6 Å². The van der Waals surface area contributed by atoms with E-state index in [1.165, 1.54) is 0 Å². The summed E-state index contributed by atoms with van der Waals surface area (Å²) in [6.07, 6.45) is 0. The minimum atomic E-state index is 0.682. The Labute approximate surface area is 200 Å². The van der Waals surface area contributed by atoms with E-state index in [1.54, 1.807) is 28.4 Å². The monoisotopic (exact) mass is 459 g/mol. The molecule has 0 aliphatic carbocycles. The molecule has 4 rings (SSSR count). The van der Waals surface area contributed by atoms with Crippen LogP contribution in [-0.2, 0) is 7.05 Å². The Morgan fingerprint density at radius 3 is 1.91 bits per heavy atom. The first-order valence-electron chi connectivity index (χ1n) is 11.0. The first kappa shape index (κ1) is 23.2. The van der Waals surface area contributed by atoms with Gasteiger partial charge in [0.1, 0.15) is 5.69 Å². The van der Waals surface area contributed by atoms with Crippen molar-refractivity contribution in [3.8, 4) is 45.4 Å². The minimum Gasteiger partial charge on any atom is -0.493 e. The molecule has 0 aliphatic rings. The van der Waals surface area contributed by atoms with Crippen molar-refractivity contribution >= 4 is 16.6 Å². The van der Waals surface area contributed by atoms with Crippen molar-refractivity contribution in [1.82, 2.24) is 0 Å². The summed E-state index contributed by atoms with van der Waals surface area (Å²) >= 11 is 0. The predicted octanol–water partition coefficient (Wildman–Crippen LogP) is 5.10. The van der Waals surface area contributed by atoms with Gasteiger partial charge < -0.3 is 18.9 Å². The maximum atomic E-state index is 5.89. The maximum absolute atomic E-state index is 5.89. The van der Waals surface area contributed by atoms with E-state index in [9.17, 15) is 0 Å². The predicted molar refractivity (Wildman–Crippen MR) is 137 cm³/mol. The number of rotatable bonds is 7. The molecule has 6 heteroatoms. The standard InChI is InChI=1S/C28H31N2O4/c1-29(2)28-21-17-25(33-6)27(34-7)26(18-11-9-8-10-12-18)20(21)16-22(30(28)3)19-13-14-23(31-4)24(15-19)32-5/h8-17H,1-7H3/q+1. The number of methoxy groups -OCH3 is 4. The van der Waals surface area contributed by atoms with Gasteiger partial charge >= 0.3 is 0 Å². The molecule has 0 saturated heterocycles. The van der Waals surface area contributed by atoms with Crippen molar-refractivity contribution in [3.63, 3.8) is 0 Å². The van der Waals surface area contributed by atoms with Gasteiger partial charge in [-0.3, -0.25) is 4.90 Å². The molecular formula is C28H31N2O4+. The minimum absolute atomic E-state index is 0.682.